The number of carbonyl (C=O) groups excluding carboxylic acids is 1. The number of sulfonamides is 1. The number of rotatable bonds is 7. The van der Waals surface area contributed by atoms with Crippen molar-refractivity contribution in [3.8, 4) is 5.75 Å². The summed E-state index contributed by atoms with van der Waals surface area (Å²) in [5.74, 6) is 0.276. The summed E-state index contributed by atoms with van der Waals surface area (Å²) in [6.45, 7) is 6.15. The van der Waals surface area contributed by atoms with Crippen LogP contribution in [0.2, 0.25) is 0 Å². The van der Waals surface area contributed by atoms with Gasteiger partial charge in [0.05, 0.1) is 16.3 Å². The van der Waals surface area contributed by atoms with E-state index in [1.807, 2.05) is 24.3 Å². The average Bonchev–Trinajstić information content (AvgIpc) is 2.85. The normalized spacial score (nSPS) is 18.9. The Morgan fingerprint density at radius 3 is 2.29 bits per heavy atom. The Bertz CT molecular complexity index is 1080. The van der Waals surface area contributed by atoms with Crippen LogP contribution >= 0.6 is 0 Å². The molecule has 2 aliphatic heterocycles. The zero-order valence-electron chi connectivity index (χ0n) is 19.9. The highest BCUT2D eigenvalue weighted by atomic mass is 32.2. The van der Waals surface area contributed by atoms with Crippen LogP contribution in [0.1, 0.15) is 26.2 Å². The summed E-state index contributed by atoms with van der Waals surface area (Å²) in [6, 6.07) is 14.3. The highest BCUT2D eigenvalue weighted by molar-refractivity contribution is 7.89. The molecule has 0 radical (unpaired) electrons. The minimum atomic E-state index is -3.62. The van der Waals surface area contributed by atoms with Crippen molar-refractivity contribution in [2.24, 2.45) is 0 Å². The zero-order valence-corrected chi connectivity index (χ0v) is 20.8. The second-order valence-electron chi connectivity index (χ2n) is 9.00. The number of nitrogens with one attached hydrogen (secondary N) is 1. The standard InChI is InChI=1S/C25H34N4O4S/c1-20(33-21-9-5-3-6-10-21)25(30)26-23-19-22(34(31,32)29-13-7-4-8-14-29)11-12-24(23)28-17-15-27(2)16-18-28/h3,5-6,9-12,19-20H,4,7-8,13-18H2,1-2H3,(H,26,30)/t20-/m0/s1. The molecule has 0 aliphatic carbocycles. The average molecular weight is 487 g/mol. The molecule has 34 heavy (non-hydrogen) atoms. The Kier molecular flexibility index (Phi) is 7.75. The topological polar surface area (TPSA) is 82.2 Å². The molecule has 0 saturated carbocycles. The van der Waals surface area contributed by atoms with E-state index in [-0.39, 0.29) is 10.8 Å². The SMILES string of the molecule is C[C@H](Oc1ccccc1)C(=O)Nc1cc(S(=O)(=O)N2CCCCC2)ccc1N1CCN(C)CC1. The summed E-state index contributed by atoms with van der Waals surface area (Å²) in [5.41, 5.74) is 1.32. The fraction of sp³-hybridized carbons (Fsp3) is 0.480. The smallest absolute Gasteiger partial charge is 0.265 e. The molecular weight excluding hydrogens is 452 g/mol. The molecule has 2 aromatic rings. The number of para-hydroxylation sites is 1. The Morgan fingerprint density at radius 2 is 1.62 bits per heavy atom. The second kappa shape index (κ2) is 10.8. The maximum absolute atomic E-state index is 13.3. The number of piperidine rings is 1. The lowest BCUT2D eigenvalue weighted by Gasteiger charge is -2.35. The van der Waals surface area contributed by atoms with Gasteiger partial charge in [-0.05, 0) is 57.1 Å². The fourth-order valence-corrected chi connectivity index (χ4v) is 5.89. The molecule has 0 bridgehead atoms. The van der Waals surface area contributed by atoms with Gasteiger partial charge in [-0.2, -0.15) is 4.31 Å². The minimum absolute atomic E-state index is 0.208. The Balaban J connectivity index is 1.60. The van der Waals surface area contributed by atoms with E-state index in [1.165, 1.54) is 0 Å². The van der Waals surface area contributed by atoms with Crippen molar-refractivity contribution in [3.05, 3.63) is 48.5 Å². The molecular formula is C25H34N4O4S. The molecule has 2 aromatic carbocycles. The number of likely N-dealkylation sites (N-methyl/N-ethyl adjacent to an activating group) is 1. The van der Waals surface area contributed by atoms with Gasteiger partial charge in [-0.25, -0.2) is 8.42 Å². The predicted octanol–water partition coefficient (Wildman–Crippen LogP) is 3.02. The van der Waals surface area contributed by atoms with Crippen molar-refractivity contribution in [2.45, 2.75) is 37.2 Å². The highest BCUT2D eigenvalue weighted by Gasteiger charge is 2.28. The number of benzene rings is 2. The first kappa shape index (κ1) is 24.5. The summed E-state index contributed by atoms with van der Waals surface area (Å²) in [4.78, 5) is 17.7. The van der Waals surface area contributed by atoms with Crippen LogP contribution in [0.15, 0.2) is 53.4 Å². The van der Waals surface area contributed by atoms with E-state index >= 15 is 0 Å². The third-order valence-corrected chi connectivity index (χ3v) is 8.34. The highest BCUT2D eigenvalue weighted by Crippen LogP contribution is 2.32. The molecule has 0 aromatic heterocycles. The van der Waals surface area contributed by atoms with Gasteiger partial charge in [0.15, 0.2) is 6.10 Å². The van der Waals surface area contributed by atoms with Crippen LogP contribution < -0.4 is 15.0 Å². The number of carbonyl (C=O) groups is 1. The molecule has 2 saturated heterocycles. The monoisotopic (exact) mass is 486 g/mol. The predicted molar refractivity (Wildman–Crippen MR) is 134 cm³/mol. The molecule has 1 N–H and O–H groups in total. The van der Waals surface area contributed by atoms with Gasteiger partial charge >= 0.3 is 0 Å². The van der Waals surface area contributed by atoms with E-state index in [1.54, 1.807) is 35.5 Å². The van der Waals surface area contributed by atoms with Gasteiger partial charge in [-0.3, -0.25) is 4.79 Å². The largest absolute Gasteiger partial charge is 0.481 e. The molecule has 9 heteroatoms. The molecule has 8 nitrogen and oxygen atoms in total. The summed E-state index contributed by atoms with van der Waals surface area (Å²) < 4.78 is 33.9. The first-order valence-corrected chi connectivity index (χ1v) is 13.4. The van der Waals surface area contributed by atoms with Crippen molar-refractivity contribution < 1.29 is 17.9 Å². The van der Waals surface area contributed by atoms with Crippen molar-refractivity contribution in [1.29, 1.82) is 0 Å². The minimum Gasteiger partial charge on any atom is -0.481 e. The van der Waals surface area contributed by atoms with Crippen LogP contribution in [0.5, 0.6) is 5.75 Å². The van der Waals surface area contributed by atoms with Crippen molar-refractivity contribution in [3.63, 3.8) is 0 Å². The third-order valence-electron chi connectivity index (χ3n) is 6.45. The molecule has 2 heterocycles. The first-order chi connectivity index (χ1) is 16.3. The van der Waals surface area contributed by atoms with E-state index in [2.05, 4.69) is 22.2 Å². The van der Waals surface area contributed by atoms with Crippen molar-refractivity contribution in [2.75, 3.05) is 56.5 Å². The van der Waals surface area contributed by atoms with E-state index < -0.39 is 16.1 Å². The maximum atomic E-state index is 13.3. The Hall–Kier alpha value is -2.62. The number of ether oxygens (including phenoxy) is 1. The molecule has 184 valence electrons. The van der Waals surface area contributed by atoms with Crippen LogP contribution in [-0.2, 0) is 14.8 Å². The van der Waals surface area contributed by atoms with Crippen LogP contribution in [0.25, 0.3) is 0 Å². The summed E-state index contributed by atoms with van der Waals surface area (Å²) >= 11 is 0. The van der Waals surface area contributed by atoms with Gasteiger partial charge in [0, 0.05) is 39.3 Å². The lowest BCUT2D eigenvalue weighted by molar-refractivity contribution is -0.122. The molecule has 0 spiro atoms. The number of anilines is 2. The fourth-order valence-electron chi connectivity index (χ4n) is 4.34. The molecule has 1 atom stereocenters. The van der Waals surface area contributed by atoms with Gasteiger partial charge in [0.2, 0.25) is 10.0 Å². The van der Waals surface area contributed by atoms with Gasteiger partial charge in [0.25, 0.3) is 5.91 Å². The van der Waals surface area contributed by atoms with Crippen molar-refractivity contribution in [1.82, 2.24) is 9.21 Å². The Morgan fingerprint density at radius 1 is 0.941 bits per heavy atom. The summed E-state index contributed by atoms with van der Waals surface area (Å²) in [7, 11) is -1.54. The van der Waals surface area contributed by atoms with Crippen LogP contribution in [0.3, 0.4) is 0 Å². The maximum Gasteiger partial charge on any atom is 0.265 e. The van der Waals surface area contributed by atoms with Crippen LogP contribution in [0.4, 0.5) is 11.4 Å². The van der Waals surface area contributed by atoms with E-state index in [9.17, 15) is 13.2 Å². The van der Waals surface area contributed by atoms with Gasteiger partial charge in [0.1, 0.15) is 5.75 Å². The molecule has 2 aliphatic rings. The molecule has 0 unspecified atom stereocenters. The first-order valence-electron chi connectivity index (χ1n) is 11.9. The van der Waals surface area contributed by atoms with E-state index in [0.29, 0.717) is 24.5 Å². The molecule has 4 rings (SSSR count). The number of hydrogen-bond donors (Lipinski definition) is 1. The van der Waals surface area contributed by atoms with Gasteiger partial charge < -0.3 is 19.9 Å². The van der Waals surface area contributed by atoms with Crippen LogP contribution in [-0.4, -0.2) is 76.0 Å². The third kappa shape index (κ3) is 5.71. The number of hydrogen-bond acceptors (Lipinski definition) is 6. The lowest BCUT2D eigenvalue weighted by Crippen LogP contribution is -2.45. The number of nitrogens with zero attached hydrogens (tertiary/aromatic N) is 3. The summed E-state index contributed by atoms with van der Waals surface area (Å²) in [5, 5.41) is 2.95. The lowest BCUT2D eigenvalue weighted by atomic mass is 10.2. The Labute approximate surface area is 202 Å². The molecule has 1 amide bonds. The second-order valence-corrected chi connectivity index (χ2v) is 10.9. The van der Waals surface area contributed by atoms with Gasteiger partial charge in [-0.1, -0.05) is 24.6 Å². The van der Waals surface area contributed by atoms with E-state index in [0.717, 1.165) is 51.1 Å². The van der Waals surface area contributed by atoms with Crippen LogP contribution in [0, 0.1) is 0 Å². The molecule has 2 fully saturated rings. The summed E-state index contributed by atoms with van der Waals surface area (Å²) in [6.07, 6.45) is 2.05. The van der Waals surface area contributed by atoms with Crippen molar-refractivity contribution >= 4 is 27.3 Å². The zero-order chi connectivity index (χ0) is 24.1. The quantitative estimate of drug-likeness (QED) is 0.648. The number of piperazine rings is 1. The number of amides is 1. The van der Waals surface area contributed by atoms with Gasteiger partial charge in [-0.15, -0.1) is 0 Å². The van der Waals surface area contributed by atoms with E-state index in [4.69, 9.17) is 4.74 Å².